The molecule has 0 bridgehead atoms. The third kappa shape index (κ3) is 5.01. The minimum Gasteiger partial charge on any atom is -0.492 e. The van der Waals surface area contributed by atoms with E-state index in [2.05, 4.69) is 5.32 Å². The minimum atomic E-state index is -0.118. The van der Waals surface area contributed by atoms with Gasteiger partial charge in [0.05, 0.1) is 12.3 Å². The lowest BCUT2D eigenvalue weighted by molar-refractivity contribution is -0.116. The number of aryl methyl sites for hydroxylation is 1. The van der Waals surface area contributed by atoms with E-state index in [9.17, 15) is 4.79 Å². The van der Waals surface area contributed by atoms with Gasteiger partial charge < -0.3 is 14.5 Å². The molecule has 0 radical (unpaired) electrons. The number of hydrogen-bond acceptors (Lipinski definition) is 4. The fourth-order valence-electron chi connectivity index (χ4n) is 3.33. The van der Waals surface area contributed by atoms with E-state index in [0.29, 0.717) is 36.1 Å². The van der Waals surface area contributed by atoms with Crippen LogP contribution in [0.5, 0.6) is 5.75 Å². The van der Waals surface area contributed by atoms with Crippen molar-refractivity contribution in [3.8, 4) is 28.3 Å². The third-order valence-corrected chi connectivity index (χ3v) is 4.78. The summed E-state index contributed by atoms with van der Waals surface area (Å²) in [4.78, 5) is 17.2. The van der Waals surface area contributed by atoms with Crippen molar-refractivity contribution in [2.24, 2.45) is 0 Å². The first-order valence-corrected chi connectivity index (χ1v) is 10.4. The van der Waals surface area contributed by atoms with Crippen molar-refractivity contribution in [3.63, 3.8) is 0 Å². The minimum absolute atomic E-state index is 0.118. The molecule has 4 rings (SSSR count). The lowest BCUT2D eigenvalue weighted by Gasteiger charge is -2.10. The molecule has 0 fully saturated rings. The van der Waals surface area contributed by atoms with Gasteiger partial charge in [0.15, 0.2) is 11.7 Å². The number of carbonyl (C=O) groups excluding carboxylic acids is 1. The van der Waals surface area contributed by atoms with Crippen molar-refractivity contribution in [2.75, 3.05) is 11.9 Å². The van der Waals surface area contributed by atoms with Gasteiger partial charge in [0, 0.05) is 24.0 Å². The molecule has 0 saturated heterocycles. The standard InChI is InChI=1S/C26H24N2O3/c1-2-30-22-16-10-9-15-21(22)27-23(29)17-18-24-28-25(19-11-5-3-6-12-19)26(31-24)20-13-7-4-8-14-20/h3-16H,2,17-18H2,1H3,(H,27,29). The molecule has 1 N–H and O–H groups in total. The highest BCUT2D eigenvalue weighted by Crippen LogP contribution is 2.33. The molecule has 1 heterocycles. The maximum absolute atomic E-state index is 12.5. The summed E-state index contributed by atoms with van der Waals surface area (Å²) in [5, 5.41) is 2.92. The SMILES string of the molecule is CCOc1ccccc1NC(=O)CCc1nc(-c2ccccc2)c(-c2ccccc2)o1. The van der Waals surface area contributed by atoms with E-state index in [1.807, 2.05) is 91.9 Å². The van der Waals surface area contributed by atoms with Crippen molar-refractivity contribution in [1.82, 2.24) is 4.98 Å². The summed E-state index contributed by atoms with van der Waals surface area (Å²) >= 11 is 0. The molecule has 0 aliphatic heterocycles. The molecule has 31 heavy (non-hydrogen) atoms. The molecule has 1 amide bonds. The third-order valence-electron chi connectivity index (χ3n) is 4.78. The molecular weight excluding hydrogens is 388 g/mol. The van der Waals surface area contributed by atoms with Gasteiger partial charge in [-0.1, -0.05) is 72.8 Å². The summed E-state index contributed by atoms with van der Waals surface area (Å²) in [7, 11) is 0. The topological polar surface area (TPSA) is 64.4 Å². The Labute approximate surface area is 181 Å². The summed E-state index contributed by atoms with van der Waals surface area (Å²) in [6.45, 7) is 2.45. The van der Waals surface area contributed by atoms with Crippen molar-refractivity contribution in [3.05, 3.63) is 90.8 Å². The van der Waals surface area contributed by atoms with Crippen LogP contribution in [-0.2, 0) is 11.2 Å². The fraction of sp³-hybridized carbons (Fsp3) is 0.154. The normalized spacial score (nSPS) is 10.6. The molecular formula is C26H24N2O3. The molecule has 5 heteroatoms. The Hall–Kier alpha value is -3.86. The van der Waals surface area contributed by atoms with Crippen molar-refractivity contribution in [1.29, 1.82) is 0 Å². The number of carbonyl (C=O) groups is 1. The number of oxazole rings is 1. The van der Waals surface area contributed by atoms with Crippen LogP contribution in [0.4, 0.5) is 5.69 Å². The molecule has 0 atom stereocenters. The first kappa shape index (κ1) is 20.4. The van der Waals surface area contributed by atoms with E-state index in [4.69, 9.17) is 14.1 Å². The fourth-order valence-corrected chi connectivity index (χ4v) is 3.33. The van der Waals surface area contributed by atoms with Crippen LogP contribution in [0.25, 0.3) is 22.6 Å². The molecule has 4 aromatic rings. The van der Waals surface area contributed by atoms with Gasteiger partial charge in [-0.2, -0.15) is 0 Å². The van der Waals surface area contributed by atoms with Gasteiger partial charge >= 0.3 is 0 Å². The first-order chi connectivity index (χ1) is 15.2. The Balaban J connectivity index is 1.52. The number of benzene rings is 3. The Kier molecular flexibility index (Phi) is 6.43. The van der Waals surface area contributed by atoms with Gasteiger partial charge in [0.2, 0.25) is 5.91 Å². The predicted molar refractivity (Wildman–Crippen MR) is 122 cm³/mol. The van der Waals surface area contributed by atoms with Crippen molar-refractivity contribution >= 4 is 11.6 Å². The number of nitrogens with one attached hydrogen (secondary N) is 1. The van der Waals surface area contributed by atoms with Gasteiger partial charge in [-0.15, -0.1) is 0 Å². The van der Waals surface area contributed by atoms with Crippen molar-refractivity contribution in [2.45, 2.75) is 19.8 Å². The van der Waals surface area contributed by atoms with E-state index in [1.54, 1.807) is 0 Å². The summed E-state index contributed by atoms with van der Waals surface area (Å²) in [6, 6.07) is 27.2. The van der Waals surface area contributed by atoms with E-state index < -0.39 is 0 Å². The molecule has 0 saturated carbocycles. The van der Waals surface area contributed by atoms with Crippen LogP contribution in [-0.4, -0.2) is 17.5 Å². The molecule has 0 unspecified atom stereocenters. The Bertz CT molecular complexity index is 1080. The Morgan fingerprint density at radius 3 is 2.26 bits per heavy atom. The average Bonchev–Trinajstić information content (AvgIpc) is 3.25. The molecule has 0 aliphatic carbocycles. The highest BCUT2D eigenvalue weighted by molar-refractivity contribution is 5.92. The van der Waals surface area contributed by atoms with Gasteiger partial charge in [-0.25, -0.2) is 4.98 Å². The molecule has 1 aromatic heterocycles. The van der Waals surface area contributed by atoms with Gasteiger partial charge in [0.25, 0.3) is 0 Å². The molecule has 0 aliphatic rings. The number of ether oxygens (including phenoxy) is 1. The zero-order valence-corrected chi connectivity index (χ0v) is 17.4. The summed E-state index contributed by atoms with van der Waals surface area (Å²) < 4.78 is 11.7. The lowest BCUT2D eigenvalue weighted by Crippen LogP contribution is -2.13. The van der Waals surface area contributed by atoms with Crippen LogP contribution in [0.15, 0.2) is 89.3 Å². The number of para-hydroxylation sites is 2. The molecule has 0 spiro atoms. The number of anilines is 1. The number of rotatable bonds is 8. The summed E-state index contributed by atoms with van der Waals surface area (Å²) in [5.41, 5.74) is 3.38. The van der Waals surface area contributed by atoms with Gasteiger partial charge in [0.1, 0.15) is 11.4 Å². The highest BCUT2D eigenvalue weighted by Gasteiger charge is 2.17. The van der Waals surface area contributed by atoms with Gasteiger partial charge in [-0.3, -0.25) is 4.79 Å². The first-order valence-electron chi connectivity index (χ1n) is 10.4. The largest absolute Gasteiger partial charge is 0.492 e. The smallest absolute Gasteiger partial charge is 0.224 e. The van der Waals surface area contributed by atoms with Gasteiger partial charge in [-0.05, 0) is 19.1 Å². The monoisotopic (exact) mass is 412 g/mol. The van der Waals surface area contributed by atoms with Crippen LogP contribution in [0.3, 0.4) is 0 Å². The van der Waals surface area contributed by atoms with E-state index in [0.717, 1.165) is 16.8 Å². The highest BCUT2D eigenvalue weighted by atomic mass is 16.5. The quantitative estimate of drug-likeness (QED) is 0.387. The molecule has 3 aromatic carbocycles. The van der Waals surface area contributed by atoms with Crippen molar-refractivity contribution < 1.29 is 13.9 Å². The second kappa shape index (κ2) is 9.76. The number of hydrogen-bond donors (Lipinski definition) is 1. The second-order valence-corrected chi connectivity index (χ2v) is 6.99. The van der Waals surface area contributed by atoms with E-state index in [-0.39, 0.29) is 12.3 Å². The predicted octanol–water partition coefficient (Wildman–Crippen LogP) is 5.98. The number of amides is 1. The van der Waals surface area contributed by atoms with Crippen LogP contribution in [0.2, 0.25) is 0 Å². The number of nitrogens with zero attached hydrogens (tertiary/aromatic N) is 1. The summed E-state index contributed by atoms with van der Waals surface area (Å²) in [6.07, 6.45) is 0.652. The van der Waals surface area contributed by atoms with E-state index in [1.165, 1.54) is 0 Å². The zero-order chi connectivity index (χ0) is 21.5. The van der Waals surface area contributed by atoms with Crippen LogP contribution >= 0.6 is 0 Å². The van der Waals surface area contributed by atoms with Crippen LogP contribution in [0.1, 0.15) is 19.2 Å². The lowest BCUT2D eigenvalue weighted by atomic mass is 10.1. The van der Waals surface area contributed by atoms with E-state index >= 15 is 0 Å². The average molecular weight is 412 g/mol. The van der Waals surface area contributed by atoms with Crippen LogP contribution in [0, 0.1) is 0 Å². The summed E-state index contributed by atoms with van der Waals surface area (Å²) in [5.74, 6) is 1.79. The Morgan fingerprint density at radius 2 is 1.55 bits per heavy atom. The second-order valence-electron chi connectivity index (χ2n) is 6.99. The molecule has 156 valence electrons. The van der Waals surface area contributed by atoms with Crippen LogP contribution < -0.4 is 10.1 Å². The maximum atomic E-state index is 12.5. The number of aromatic nitrogens is 1. The maximum Gasteiger partial charge on any atom is 0.224 e. The Morgan fingerprint density at radius 1 is 0.903 bits per heavy atom. The molecule has 5 nitrogen and oxygen atoms in total. The zero-order valence-electron chi connectivity index (χ0n) is 17.4.